The molecule has 33 heavy (non-hydrogen) atoms. The van der Waals surface area contributed by atoms with Gasteiger partial charge in [-0.25, -0.2) is 0 Å². The van der Waals surface area contributed by atoms with Crippen molar-refractivity contribution in [3.05, 3.63) is 75.3 Å². The topological polar surface area (TPSA) is 108 Å². The molecule has 2 aromatic carbocycles. The van der Waals surface area contributed by atoms with Gasteiger partial charge in [-0.2, -0.15) is 5.26 Å². The lowest BCUT2D eigenvalue weighted by Crippen LogP contribution is -2.44. The predicted octanol–water partition coefficient (Wildman–Crippen LogP) is 3.72. The minimum Gasteiger partial charge on any atom is -0.468 e. The van der Waals surface area contributed by atoms with Gasteiger partial charge < -0.3 is 15.4 Å². The first kappa shape index (κ1) is 24.1. The molecule has 1 aliphatic heterocycles. The van der Waals surface area contributed by atoms with Gasteiger partial charge in [0.1, 0.15) is 5.92 Å². The van der Waals surface area contributed by atoms with E-state index in [2.05, 4.69) is 16.7 Å². The Labute approximate surface area is 197 Å². The van der Waals surface area contributed by atoms with Gasteiger partial charge in [-0.15, -0.1) is 0 Å². The lowest BCUT2D eigenvalue weighted by molar-refractivity contribution is -0.150. The van der Waals surface area contributed by atoms with Crippen LogP contribution in [0, 0.1) is 38.0 Å². The third-order valence-corrected chi connectivity index (χ3v) is 6.45. The Kier molecular flexibility index (Phi) is 7.56. The second-order valence-corrected chi connectivity index (χ2v) is 8.83. The zero-order chi connectivity index (χ0) is 24.1. The summed E-state index contributed by atoms with van der Waals surface area (Å²) in [5.41, 5.74) is 4.64. The van der Waals surface area contributed by atoms with Gasteiger partial charge in [0.25, 0.3) is 0 Å². The summed E-state index contributed by atoms with van der Waals surface area (Å²) in [6.45, 7) is 5.85. The molecule has 0 saturated carbocycles. The smallest absolute Gasteiger partial charge is 0.319 e. The third kappa shape index (κ3) is 5.26. The Balaban J connectivity index is 1.88. The highest BCUT2D eigenvalue weighted by Gasteiger charge is 2.44. The summed E-state index contributed by atoms with van der Waals surface area (Å²) in [7, 11) is 1.21. The van der Waals surface area contributed by atoms with Gasteiger partial charge in [0.15, 0.2) is 0 Å². The molecule has 1 heterocycles. The molecule has 2 amide bonds. The van der Waals surface area contributed by atoms with E-state index in [1.807, 2.05) is 39.0 Å². The molecule has 2 N–H and O–H groups in total. The molecule has 0 radical (unpaired) electrons. The zero-order valence-corrected chi connectivity index (χ0v) is 19.7. The Bertz CT molecular complexity index is 1140. The van der Waals surface area contributed by atoms with Crippen LogP contribution in [0.1, 0.15) is 28.2 Å². The van der Waals surface area contributed by atoms with E-state index in [0.29, 0.717) is 5.56 Å². The van der Waals surface area contributed by atoms with Crippen molar-refractivity contribution in [3.63, 3.8) is 0 Å². The average Bonchev–Trinajstić information content (AvgIpc) is 2.79. The summed E-state index contributed by atoms with van der Waals surface area (Å²) < 4.78 is 4.83. The van der Waals surface area contributed by atoms with Crippen molar-refractivity contribution >= 4 is 35.2 Å². The number of aryl methyl sites for hydroxylation is 3. The highest BCUT2D eigenvalue weighted by atomic mass is 32.2. The number of benzene rings is 2. The molecule has 2 aromatic rings. The number of nitrogens with zero attached hydrogens (tertiary/aromatic N) is 1. The number of ether oxygens (including phenoxy) is 1. The predicted molar refractivity (Wildman–Crippen MR) is 127 cm³/mol. The van der Waals surface area contributed by atoms with Crippen molar-refractivity contribution < 1.29 is 19.1 Å². The largest absolute Gasteiger partial charge is 0.468 e. The average molecular weight is 464 g/mol. The Morgan fingerprint density at radius 3 is 2.36 bits per heavy atom. The number of hydrogen-bond acceptors (Lipinski definition) is 6. The van der Waals surface area contributed by atoms with E-state index in [1.54, 1.807) is 24.3 Å². The fourth-order valence-electron chi connectivity index (χ4n) is 4.03. The van der Waals surface area contributed by atoms with Crippen LogP contribution in [0.15, 0.2) is 53.1 Å². The van der Waals surface area contributed by atoms with Gasteiger partial charge in [0, 0.05) is 11.6 Å². The van der Waals surface area contributed by atoms with E-state index in [9.17, 15) is 19.6 Å². The number of hydrogen-bond donors (Lipinski definition) is 2. The number of nitriles is 1. The Morgan fingerprint density at radius 2 is 1.79 bits per heavy atom. The number of amides is 2. The van der Waals surface area contributed by atoms with Crippen LogP contribution >= 0.6 is 11.8 Å². The van der Waals surface area contributed by atoms with E-state index in [0.717, 1.165) is 34.1 Å². The number of esters is 1. The summed E-state index contributed by atoms with van der Waals surface area (Å²) in [6, 6.07) is 15.0. The summed E-state index contributed by atoms with van der Waals surface area (Å²) >= 11 is 1.06. The first-order chi connectivity index (χ1) is 15.8. The van der Waals surface area contributed by atoms with Crippen molar-refractivity contribution in [2.24, 2.45) is 5.92 Å². The maximum atomic E-state index is 12.8. The first-order valence-corrected chi connectivity index (χ1v) is 11.3. The van der Waals surface area contributed by atoms with E-state index in [1.165, 1.54) is 7.11 Å². The molecule has 0 saturated heterocycles. The van der Waals surface area contributed by atoms with Crippen molar-refractivity contribution in [2.45, 2.75) is 26.7 Å². The lowest BCUT2D eigenvalue weighted by atomic mass is 9.78. The molecular weight excluding hydrogens is 438 g/mol. The minimum absolute atomic E-state index is 0.0159. The summed E-state index contributed by atoms with van der Waals surface area (Å²) in [5, 5.41) is 15.7. The molecule has 170 valence electrons. The lowest BCUT2D eigenvalue weighted by Gasteiger charge is -2.30. The van der Waals surface area contributed by atoms with E-state index in [-0.39, 0.29) is 22.3 Å². The summed E-state index contributed by atoms with van der Waals surface area (Å²) in [6.07, 6.45) is 0. The molecule has 0 spiro atoms. The minimum atomic E-state index is -1.19. The van der Waals surface area contributed by atoms with Gasteiger partial charge in [-0.05, 0) is 37.5 Å². The zero-order valence-electron chi connectivity index (χ0n) is 18.9. The highest BCUT2D eigenvalue weighted by molar-refractivity contribution is 8.03. The van der Waals surface area contributed by atoms with Gasteiger partial charge in [-0.1, -0.05) is 59.8 Å². The molecule has 0 bridgehead atoms. The second kappa shape index (κ2) is 10.4. The number of thioether (sulfide) groups is 1. The number of rotatable bonds is 6. The van der Waals surface area contributed by atoms with Crippen LogP contribution in [0.5, 0.6) is 0 Å². The molecular formula is C25H25N3O4S. The normalized spacial score (nSPS) is 17.7. The number of allylic oxidation sites excluding steroid dienone is 1. The molecule has 0 aliphatic carbocycles. The summed E-state index contributed by atoms with van der Waals surface area (Å²) in [5.74, 6) is -3.56. The maximum Gasteiger partial charge on any atom is 0.319 e. The third-order valence-electron chi connectivity index (χ3n) is 5.43. The Hall–Kier alpha value is -3.57. The van der Waals surface area contributed by atoms with Crippen LogP contribution < -0.4 is 10.6 Å². The summed E-state index contributed by atoms with van der Waals surface area (Å²) in [4.78, 5) is 37.9. The molecule has 1 aliphatic rings. The van der Waals surface area contributed by atoms with Crippen molar-refractivity contribution in [3.8, 4) is 6.07 Å². The number of methoxy groups -OCH3 is 1. The number of carbonyl (C=O) groups excluding carboxylic acids is 3. The Morgan fingerprint density at radius 1 is 1.15 bits per heavy atom. The molecule has 0 aromatic heterocycles. The van der Waals surface area contributed by atoms with Crippen LogP contribution in [0.2, 0.25) is 0 Å². The van der Waals surface area contributed by atoms with Crippen molar-refractivity contribution in [2.75, 3.05) is 18.2 Å². The number of nitrogens with one attached hydrogen (secondary N) is 2. The van der Waals surface area contributed by atoms with Crippen molar-refractivity contribution in [1.82, 2.24) is 5.32 Å². The van der Waals surface area contributed by atoms with Crippen molar-refractivity contribution in [1.29, 1.82) is 5.26 Å². The SMILES string of the molecule is COC(=O)[C@H]1C(=O)NC(SCC(=O)Nc2c(C)cc(C)cc2C)=C(C#N)[C@@H]1c1ccccc1. The van der Waals surface area contributed by atoms with Crippen LogP contribution in [0.3, 0.4) is 0 Å². The van der Waals surface area contributed by atoms with Crippen LogP contribution in [0.25, 0.3) is 0 Å². The molecule has 0 unspecified atom stereocenters. The van der Waals surface area contributed by atoms with Crippen LogP contribution in [-0.2, 0) is 19.1 Å². The number of carbonyl (C=O) groups is 3. The molecule has 3 rings (SSSR count). The maximum absolute atomic E-state index is 12.8. The van der Waals surface area contributed by atoms with Gasteiger partial charge in [-0.3, -0.25) is 14.4 Å². The second-order valence-electron chi connectivity index (χ2n) is 7.84. The quantitative estimate of drug-likeness (QED) is 0.499. The van der Waals surface area contributed by atoms with E-state index in [4.69, 9.17) is 4.74 Å². The van der Waals surface area contributed by atoms with E-state index < -0.39 is 23.7 Å². The van der Waals surface area contributed by atoms with Crippen LogP contribution in [-0.4, -0.2) is 30.6 Å². The monoisotopic (exact) mass is 463 g/mol. The van der Waals surface area contributed by atoms with Gasteiger partial charge in [0.2, 0.25) is 11.8 Å². The number of anilines is 1. The first-order valence-electron chi connectivity index (χ1n) is 10.3. The standard InChI is InChI=1S/C25H25N3O4S/c1-14-10-15(2)22(16(3)11-14)27-19(29)13-33-24-18(12-26)20(17-8-6-5-7-9-17)21(23(30)28-24)25(31)32-4/h5-11,20-21H,13H2,1-4H3,(H,27,29)(H,28,30)/t20-,21+/m0/s1. The fourth-order valence-corrected chi connectivity index (χ4v) is 4.88. The molecule has 2 atom stereocenters. The van der Waals surface area contributed by atoms with Crippen LogP contribution in [0.4, 0.5) is 5.69 Å². The highest BCUT2D eigenvalue weighted by Crippen LogP contribution is 2.40. The van der Waals surface area contributed by atoms with Gasteiger partial charge >= 0.3 is 5.97 Å². The molecule has 8 heteroatoms. The van der Waals surface area contributed by atoms with E-state index >= 15 is 0 Å². The molecule has 0 fully saturated rings. The molecule has 7 nitrogen and oxygen atoms in total. The van der Waals surface area contributed by atoms with Gasteiger partial charge in [0.05, 0.1) is 29.5 Å². The fraction of sp³-hybridized carbons (Fsp3) is 0.280.